The third-order valence-corrected chi connectivity index (χ3v) is 7.76. The Morgan fingerprint density at radius 3 is 2.52 bits per heavy atom. The molecule has 2 fully saturated rings. The van der Waals surface area contributed by atoms with Gasteiger partial charge in [-0.05, 0) is 52.1 Å². The van der Waals surface area contributed by atoms with Crippen molar-refractivity contribution in [2.75, 3.05) is 20.3 Å². The summed E-state index contributed by atoms with van der Waals surface area (Å²) in [4.78, 5) is 0. The van der Waals surface area contributed by atoms with Crippen molar-refractivity contribution in [3.63, 3.8) is 0 Å². The van der Waals surface area contributed by atoms with E-state index in [9.17, 15) is 10.5 Å². The zero-order valence-corrected chi connectivity index (χ0v) is 17.1. The molecule has 3 aliphatic rings. The molecule has 4 nitrogen and oxygen atoms in total. The van der Waals surface area contributed by atoms with Crippen molar-refractivity contribution in [3.8, 4) is 29.0 Å². The molecule has 1 saturated carbocycles. The molecule has 1 aliphatic heterocycles. The Bertz CT molecular complexity index is 1300. The monoisotopic (exact) mass is 404 g/mol. The number of methoxy groups -OCH3 is 1. The molecule has 3 aromatic carbocycles. The van der Waals surface area contributed by atoms with E-state index in [2.05, 4.69) is 36.4 Å². The molecule has 4 atom stereocenters. The van der Waals surface area contributed by atoms with Crippen LogP contribution < -0.4 is 4.74 Å². The molecule has 2 aliphatic carbocycles. The number of ether oxygens (including phenoxy) is 2. The van der Waals surface area contributed by atoms with Crippen LogP contribution in [0.3, 0.4) is 0 Å². The highest BCUT2D eigenvalue weighted by molar-refractivity contribution is 5.83. The minimum atomic E-state index is -0.750. The van der Waals surface area contributed by atoms with Crippen molar-refractivity contribution < 1.29 is 9.47 Å². The van der Waals surface area contributed by atoms with E-state index < -0.39 is 5.41 Å². The number of rotatable bonds is 2. The van der Waals surface area contributed by atoms with Crippen molar-refractivity contribution in [1.29, 1.82) is 10.5 Å². The third-order valence-electron chi connectivity index (χ3n) is 7.76. The molecule has 150 valence electrons. The fraction of sp³-hybridized carbons (Fsp3) is 0.259. The molecule has 0 amide bonds. The predicted molar refractivity (Wildman–Crippen MR) is 116 cm³/mol. The summed E-state index contributed by atoms with van der Waals surface area (Å²) in [6.45, 7) is 1.18. The van der Waals surface area contributed by atoms with Gasteiger partial charge in [0.1, 0.15) is 11.2 Å². The van der Waals surface area contributed by atoms with Gasteiger partial charge in [0.05, 0.1) is 38.0 Å². The van der Waals surface area contributed by atoms with Crippen LogP contribution in [0.2, 0.25) is 0 Å². The first-order valence-corrected chi connectivity index (χ1v) is 10.5. The fourth-order valence-electron chi connectivity index (χ4n) is 6.57. The Balaban J connectivity index is 1.67. The summed E-state index contributed by atoms with van der Waals surface area (Å²) in [5.41, 5.74) is 4.89. The fourth-order valence-corrected chi connectivity index (χ4v) is 6.57. The molecule has 0 aromatic heterocycles. The van der Waals surface area contributed by atoms with E-state index in [4.69, 9.17) is 9.47 Å². The largest absolute Gasteiger partial charge is 0.497 e. The van der Waals surface area contributed by atoms with E-state index in [1.807, 2.05) is 42.5 Å². The van der Waals surface area contributed by atoms with Gasteiger partial charge < -0.3 is 9.47 Å². The highest BCUT2D eigenvalue weighted by Gasteiger charge is 2.77. The molecule has 0 bridgehead atoms. The Labute approximate surface area is 181 Å². The van der Waals surface area contributed by atoms with Crippen LogP contribution in [0.4, 0.5) is 0 Å². The maximum atomic E-state index is 10.8. The van der Waals surface area contributed by atoms with E-state index in [1.54, 1.807) is 7.11 Å². The Hall–Kier alpha value is -3.60. The van der Waals surface area contributed by atoms with Crippen LogP contribution in [-0.2, 0) is 15.6 Å². The van der Waals surface area contributed by atoms with E-state index in [0.717, 1.165) is 28.0 Å². The second-order valence-electron chi connectivity index (χ2n) is 8.68. The van der Waals surface area contributed by atoms with E-state index in [1.165, 1.54) is 5.56 Å². The lowest BCUT2D eigenvalue weighted by Crippen LogP contribution is -2.70. The van der Waals surface area contributed by atoms with Gasteiger partial charge in [-0.3, -0.25) is 0 Å². The van der Waals surface area contributed by atoms with Crippen LogP contribution in [0.25, 0.3) is 11.1 Å². The topological polar surface area (TPSA) is 66.0 Å². The zero-order valence-electron chi connectivity index (χ0n) is 17.1. The number of fused-ring (bicyclic) bond motifs is 4. The van der Waals surface area contributed by atoms with E-state index in [0.29, 0.717) is 18.8 Å². The number of hydrogen-bond donors (Lipinski definition) is 0. The summed E-state index contributed by atoms with van der Waals surface area (Å²) >= 11 is 0. The molecular weight excluding hydrogens is 384 g/mol. The molecule has 0 radical (unpaired) electrons. The van der Waals surface area contributed by atoms with Gasteiger partial charge in [0.2, 0.25) is 0 Å². The maximum absolute atomic E-state index is 10.8. The van der Waals surface area contributed by atoms with E-state index in [-0.39, 0.29) is 17.3 Å². The highest BCUT2D eigenvalue weighted by atomic mass is 16.5. The SMILES string of the molecule is COc1ccc([C@H]2[C@@H]3COC[C@@]34c3ccccc3-c3cc(C#N)ccc3[C@@]24C#N)cc1. The molecule has 0 N–H and O–H groups in total. The van der Waals surface area contributed by atoms with Gasteiger partial charge in [-0.2, -0.15) is 10.5 Å². The average molecular weight is 404 g/mol. The van der Waals surface area contributed by atoms with Gasteiger partial charge in [-0.25, -0.2) is 0 Å². The summed E-state index contributed by atoms with van der Waals surface area (Å²) in [6, 6.07) is 27.3. The second-order valence-corrected chi connectivity index (χ2v) is 8.68. The van der Waals surface area contributed by atoms with Crippen LogP contribution in [0.1, 0.15) is 28.2 Å². The van der Waals surface area contributed by atoms with Crippen LogP contribution in [0.15, 0.2) is 66.7 Å². The quantitative estimate of drug-likeness (QED) is 0.621. The van der Waals surface area contributed by atoms with Gasteiger partial charge in [0.25, 0.3) is 0 Å². The molecule has 0 unspecified atom stereocenters. The van der Waals surface area contributed by atoms with Gasteiger partial charge in [0, 0.05) is 17.3 Å². The maximum Gasteiger partial charge on any atom is 0.118 e. The van der Waals surface area contributed by atoms with Crippen molar-refractivity contribution in [3.05, 3.63) is 89.0 Å². The van der Waals surface area contributed by atoms with Crippen molar-refractivity contribution in [2.45, 2.75) is 16.7 Å². The lowest BCUT2D eigenvalue weighted by atomic mass is 9.33. The van der Waals surface area contributed by atoms with Crippen LogP contribution in [-0.4, -0.2) is 20.3 Å². The molecule has 4 heteroatoms. The highest BCUT2D eigenvalue weighted by Crippen LogP contribution is 2.75. The lowest BCUT2D eigenvalue weighted by molar-refractivity contribution is 0.0321. The number of nitrogens with zero attached hydrogens (tertiary/aromatic N) is 2. The third kappa shape index (κ3) is 1.97. The number of nitriles is 2. The average Bonchev–Trinajstić information content (AvgIpc) is 3.19. The Kier molecular flexibility index (Phi) is 3.64. The van der Waals surface area contributed by atoms with Crippen LogP contribution >= 0.6 is 0 Å². The van der Waals surface area contributed by atoms with Gasteiger partial charge in [0.15, 0.2) is 0 Å². The second kappa shape index (κ2) is 6.20. The van der Waals surface area contributed by atoms with E-state index >= 15 is 0 Å². The molecule has 3 aromatic rings. The van der Waals surface area contributed by atoms with Gasteiger partial charge >= 0.3 is 0 Å². The van der Waals surface area contributed by atoms with Gasteiger partial charge in [-0.15, -0.1) is 0 Å². The molecule has 1 heterocycles. The molecule has 6 rings (SSSR count). The minimum absolute atomic E-state index is 0.00551. The van der Waals surface area contributed by atoms with Crippen molar-refractivity contribution in [2.24, 2.45) is 5.92 Å². The van der Waals surface area contributed by atoms with Gasteiger partial charge in [-0.1, -0.05) is 42.5 Å². The molecule has 1 saturated heterocycles. The summed E-state index contributed by atoms with van der Waals surface area (Å²) in [5.74, 6) is 1.02. The standard InChI is InChI=1S/C27H20N2O2/c1-30-19-9-7-18(8-10-19)25-24-14-31-16-27(24)22-5-3-2-4-20(22)21-12-17(13-28)6-11-23(21)26(25,27)15-29/h2-12,24-25H,14,16H2,1H3/t24-,25-,26-,27+/m0/s1. The lowest BCUT2D eigenvalue weighted by Gasteiger charge is -2.66. The normalized spacial score (nSPS) is 29.3. The summed E-state index contributed by atoms with van der Waals surface area (Å²) < 4.78 is 11.5. The number of hydrogen-bond acceptors (Lipinski definition) is 4. The summed E-state index contributed by atoms with van der Waals surface area (Å²) in [5, 5.41) is 20.4. The Morgan fingerprint density at radius 2 is 1.77 bits per heavy atom. The van der Waals surface area contributed by atoms with Crippen molar-refractivity contribution in [1.82, 2.24) is 0 Å². The molecule has 1 spiro atoms. The smallest absolute Gasteiger partial charge is 0.118 e. The van der Waals surface area contributed by atoms with Crippen LogP contribution in [0.5, 0.6) is 5.75 Å². The summed E-state index contributed by atoms with van der Waals surface area (Å²) in [6.07, 6.45) is 0. The molecular formula is C27H20N2O2. The van der Waals surface area contributed by atoms with Crippen LogP contribution in [0, 0.1) is 28.6 Å². The molecule has 31 heavy (non-hydrogen) atoms. The zero-order chi connectivity index (χ0) is 21.2. The Morgan fingerprint density at radius 1 is 0.968 bits per heavy atom. The first-order valence-electron chi connectivity index (χ1n) is 10.5. The first kappa shape index (κ1) is 18.2. The predicted octanol–water partition coefficient (Wildman–Crippen LogP) is 4.69. The minimum Gasteiger partial charge on any atom is -0.497 e. The number of benzene rings is 3. The van der Waals surface area contributed by atoms with Crippen molar-refractivity contribution >= 4 is 0 Å². The summed E-state index contributed by atoms with van der Waals surface area (Å²) in [7, 11) is 1.66. The first-order chi connectivity index (χ1) is 15.2.